The van der Waals surface area contributed by atoms with E-state index in [9.17, 15) is 18.3 Å². The molecular weight excluding hydrogens is 259 g/mol. The first-order valence-corrected chi connectivity index (χ1v) is 6.77. The summed E-state index contributed by atoms with van der Waals surface area (Å²) in [6, 6.07) is 0.735. The molecule has 3 atom stereocenters. The molecule has 19 heavy (non-hydrogen) atoms. The number of aliphatic hydroxyl groups is 1. The van der Waals surface area contributed by atoms with Crippen molar-refractivity contribution in [2.75, 3.05) is 19.6 Å². The molecule has 3 unspecified atom stereocenters. The first-order chi connectivity index (χ1) is 8.78. The number of alkyl halides is 3. The molecule has 0 aromatic rings. The molecular formula is C12H22F3N3O. The van der Waals surface area contributed by atoms with Gasteiger partial charge >= 0.3 is 6.18 Å². The zero-order valence-electron chi connectivity index (χ0n) is 11.3. The summed E-state index contributed by atoms with van der Waals surface area (Å²) < 4.78 is 36.5. The fourth-order valence-corrected chi connectivity index (χ4v) is 3.10. The summed E-state index contributed by atoms with van der Waals surface area (Å²) in [4.78, 5) is 4.14. The number of nitrogens with one attached hydrogen (secondary N) is 1. The number of hydrogen-bond donors (Lipinski definition) is 2. The predicted octanol–water partition coefficient (Wildman–Crippen LogP) is 0.971. The van der Waals surface area contributed by atoms with Gasteiger partial charge in [-0.25, -0.2) is 0 Å². The van der Waals surface area contributed by atoms with Gasteiger partial charge in [-0.1, -0.05) is 0 Å². The predicted molar refractivity (Wildman–Crippen MR) is 65.4 cm³/mol. The third-order valence-corrected chi connectivity index (χ3v) is 4.06. The summed E-state index contributed by atoms with van der Waals surface area (Å²) in [5.41, 5.74) is 0. The van der Waals surface area contributed by atoms with Crippen LogP contribution in [-0.4, -0.2) is 65.2 Å². The fraction of sp³-hybridized carbons (Fsp3) is 1.00. The Morgan fingerprint density at radius 2 is 1.74 bits per heavy atom. The highest BCUT2D eigenvalue weighted by Gasteiger charge is 2.44. The van der Waals surface area contributed by atoms with Crippen molar-refractivity contribution in [3.63, 3.8) is 0 Å². The van der Waals surface area contributed by atoms with E-state index >= 15 is 0 Å². The molecule has 2 fully saturated rings. The summed E-state index contributed by atoms with van der Waals surface area (Å²) in [5, 5.41) is 12.1. The highest BCUT2D eigenvalue weighted by molar-refractivity contribution is 4.97. The number of hydrogen-bond acceptors (Lipinski definition) is 4. The molecule has 0 aromatic heterocycles. The van der Waals surface area contributed by atoms with Crippen molar-refractivity contribution in [2.45, 2.75) is 57.3 Å². The number of fused-ring (bicyclic) bond motifs is 2. The summed E-state index contributed by atoms with van der Waals surface area (Å²) in [7, 11) is 0. The topological polar surface area (TPSA) is 38.7 Å². The largest absolute Gasteiger partial charge is 0.401 e. The summed E-state index contributed by atoms with van der Waals surface area (Å²) in [6.07, 6.45) is -3.61. The highest BCUT2D eigenvalue weighted by Crippen LogP contribution is 2.31. The van der Waals surface area contributed by atoms with Gasteiger partial charge in [-0.3, -0.25) is 15.1 Å². The lowest BCUT2D eigenvalue weighted by molar-refractivity contribution is -0.149. The Hall–Kier alpha value is -0.370. The van der Waals surface area contributed by atoms with E-state index in [1.807, 2.05) is 4.90 Å². The van der Waals surface area contributed by atoms with Crippen molar-refractivity contribution in [1.29, 1.82) is 0 Å². The van der Waals surface area contributed by atoms with Gasteiger partial charge in [-0.05, 0) is 26.7 Å². The minimum atomic E-state index is -4.29. The van der Waals surface area contributed by atoms with E-state index in [-0.39, 0.29) is 12.1 Å². The van der Waals surface area contributed by atoms with Crippen LogP contribution in [0.4, 0.5) is 13.2 Å². The molecule has 2 heterocycles. The third kappa shape index (κ3) is 3.59. The van der Waals surface area contributed by atoms with Gasteiger partial charge in [0, 0.05) is 31.2 Å². The van der Waals surface area contributed by atoms with Gasteiger partial charge in [0.15, 0.2) is 6.35 Å². The molecule has 7 heteroatoms. The molecule has 0 radical (unpaired) electrons. The number of piperazine rings is 1. The van der Waals surface area contributed by atoms with Gasteiger partial charge in [0.1, 0.15) is 0 Å². The molecule has 2 rings (SSSR count). The maximum atomic E-state index is 12.2. The SMILES string of the molecule is CC(C)N1CC2CCC(C1)N2C(O)NCC(F)(F)F. The molecule has 2 saturated heterocycles. The number of rotatable bonds is 4. The smallest absolute Gasteiger partial charge is 0.365 e. The third-order valence-electron chi connectivity index (χ3n) is 4.06. The highest BCUT2D eigenvalue weighted by atomic mass is 19.4. The zero-order chi connectivity index (χ0) is 14.2. The van der Waals surface area contributed by atoms with Crippen molar-refractivity contribution in [3.05, 3.63) is 0 Å². The number of aliphatic hydroxyl groups excluding tert-OH is 1. The van der Waals surface area contributed by atoms with Crippen LogP contribution in [0.5, 0.6) is 0 Å². The average Bonchev–Trinajstić information content (AvgIpc) is 2.55. The van der Waals surface area contributed by atoms with Gasteiger partial charge in [-0.2, -0.15) is 13.2 Å². The molecule has 0 saturated carbocycles. The first-order valence-electron chi connectivity index (χ1n) is 6.77. The molecule has 112 valence electrons. The molecule has 0 amide bonds. The molecule has 0 aromatic carbocycles. The molecule has 2 aliphatic heterocycles. The van der Waals surface area contributed by atoms with Gasteiger partial charge in [0.05, 0.1) is 6.54 Å². The zero-order valence-corrected chi connectivity index (χ0v) is 11.3. The van der Waals surface area contributed by atoms with E-state index in [4.69, 9.17) is 0 Å². The fourth-order valence-electron chi connectivity index (χ4n) is 3.10. The lowest BCUT2D eigenvalue weighted by atomic mass is 10.1. The van der Waals surface area contributed by atoms with E-state index in [1.165, 1.54) is 0 Å². The minimum absolute atomic E-state index is 0.150. The Balaban J connectivity index is 1.92. The average molecular weight is 281 g/mol. The summed E-state index contributed by atoms with van der Waals surface area (Å²) in [6.45, 7) is 4.72. The maximum absolute atomic E-state index is 12.2. The Kier molecular flexibility index (Phi) is 4.39. The molecule has 2 aliphatic rings. The van der Waals surface area contributed by atoms with Crippen LogP contribution in [0.25, 0.3) is 0 Å². The van der Waals surface area contributed by atoms with Gasteiger partial charge < -0.3 is 5.11 Å². The van der Waals surface area contributed by atoms with E-state index in [0.29, 0.717) is 6.04 Å². The van der Waals surface area contributed by atoms with Crippen molar-refractivity contribution in [2.24, 2.45) is 0 Å². The van der Waals surface area contributed by atoms with Crippen molar-refractivity contribution >= 4 is 0 Å². The second kappa shape index (κ2) is 5.55. The number of halogens is 3. The van der Waals surface area contributed by atoms with Crippen LogP contribution >= 0.6 is 0 Å². The van der Waals surface area contributed by atoms with Crippen molar-refractivity contribution < 1.29 is 18.3 Å². The van der Waals surface area contributed by atoms with Gasteiger partial charge in [-0.15, -0.1) is 0 Å². The van der Waals surface area contributed by atoms with E-state index in [2.05, 4.69) is 24.1 Å². The van der Waals surface area contributed by atoms with Crippen LogP contribution in [-0.2, 0) is 0 Å². The van der Waals surface area contributed by atoms with Crippen LogP contribution < -0.4 is 5.32 Å². The molecule has 4 nitrogen and oxygen atoms in total. The number of likely N-dealkylation sites (tertiary alicyclic amines) is 1. The Bertz CT molecular complexity index is 297. The number of nitrogens with zero attached hydrogens (tertiary/aromatic N) is 2. The lowest BCUT2D eigenvalue weighted by Gasteiger charge is -2.44. The van der Waals surface area contributed by atoms with Crippen LogP contribution in [0.15, 0.2) is 0 Å². The van der Waals surface area contributed by atoms with Gasteiger partial charge in [0.25, 0.3) is 0 Å². The van der Waals surface area contributed by atoms with E-state index in [1.54, 1.807) is 0 Å². The summed E-state index contributed by atoms with van der Waals surface area (Å²) >= 11 is 0. The van der Waals surface area contributed by atoms with Crippen LogP contribution in [0, 0.1) is 0 Å². The second-order valence-electron chi connectivity index (χ2n) is 5.75. The normalized spacial score (nSPS) is 31.1. The van der Waals surface area contributed by atoms with E-state index in [0.717, 1.165) is 25.9 Å². The van der Waals surface area contributed by atoms with Crippen molar-refractivity contribution in [1.82, 2.24) is 15.1 Å². The minimum Gasteiger partial charge on any atom is -0.365 e. The van der Waals surface area contributed by atoms with Crippen molar-refractivity contribution in [3.8, 4) is 0 Å². The Labute approximate surface area is 111 Å². The quantitative estimate of drug-likeness (QED) is 0.753. The lowest BCUT2D eigenvalue weighted by Crippen LogP contribution is -2.62. The van der Waals surface area contributed by atoms with Crippen LogP contribution in [0.1, 0.15) is 26.7 Å². The molecule has 0 spiro atoms. The second-order valence-corrected chi connectivity index (χ2v) is 5.75. The maximum Gasteiger partial charge on any atom is 0.401 e. The molecule has 2 N–H and O–H groups in total. The molecule has 2 bridgehead atoms. The standard InChI is InChI=1S/C12H22F3N3O/c1-8(2)17-5-9-3-4-10(6-17)18(9)11(19)16-7-12(13,14)15/h8-11,16,19H,3-7H2,1-2H3. The molecule has 0 aliphatic carbocycles. The van der Waals surface area contributed by atoms with Crippen LogP contribution in [0.3, 0.4) is 0 Å². The van der Waals surface area contributed by atoms with Gasteiger partial charge in [0.2, 0.25) is 0 Å². The first kappa shape index (κ1) is 15.0. The van der Waals surface area contributed by atoms with E-state index < -0.39 is 19.1 Å². The Morgan fingerprint density at radius 1 is 1.21 bits per heavy atom. The monoisotopic (exact) mass is 281 g/mol. The van der Waals surface area contributed by atoms with Crippen LogP contribution in [0.2, 0.25) is 0 Å². The Morgan fingerprint density at radius 3 is 2.16 bits per heavy atom. The summed E-state index contributed by atoms with van der Waals surface area (Å²) in [5.74, 6) is 0.